The summed E-state index contributed by atoms with van der Waals surface area (Å²) in [6.45, 7) is 20.5. The number of nitrogens with one attached hydrogen (secondary N) is 1. The van der Waals surface area contributed by atoms with Gasteiger partial charge in [-0.3, -0.25) is 14.4 Å². The smallest absolute Gasteiger partial charge is 0.335 e. The minimum Gasteiger partial charge on any atom is -0.481 e. The van der Waals surface area contributed by atoms with E-state index in [2.05, 4.69) is 59.5 Å². The second-order valence-electron chi connectivity index (χ2n) is 19.8. The van der Waals surface area contributed by atoms with Crippen molar-refractivity contribution in [3.8, 4) is 0 Å². The largest absolute Gasteiger partial charge is 0.481 e. The molecule has 1 heterocycles. The number of hydrogen-bond acceptors (Lipinski definition) is 4. The summed E-state index contributed by atoms with van der Waals surface area (Å²) in [7, 11) is 0. The number of carbonyl (C=O) groups excluding carboxylic acids is 2. The molecule has 54 heavy (non-hydrogen) atoms. The number of likely N-dealkylation sites (tertiary alicyclic amines) is 1. The molecule has 0 radical (unpaired) electrons. The molecule has 294 valence electrons. The van der Waals surface area contributed by atoms with Crippen molar-refractivity contribution in [2.75, 3.05) is 19.6 Å². The molecular weight excluding hydrogens is 677 g/mol. The van der Waals surface area contributed by atoms with Crippen LogP contribution in [-0.2, 0) is 14.4 Å². The van der Waals surface area contributed by atoms with Crippen molar-refractivity contribution in [3.63, 3.8) is 0 Å². The standard InChI is InChI=1S/C46H64N2O6/c1-28(2)32-14-22-46(41(54)47-25-17-37(49)48-26-18-31(19-27-48)40(52)53)24-23-44(6)34(38(32)46)12-13-36-43(5)20-15-33(29-8-10-30(11-9-29)39(50)51)42(3,4)35(43)16-21-45(36,44)7/h8-11,15,31-32,34-36,38H,1,12-14,16-27H2,2-7H3,(H,47,54)(H,50,51)(H,52,53)/t32-,34+,35-,36+,38+,43-,44+,45+,46-/m0/s1. The Morgan fingerprint density at radius 3 is 2.15 bits per heavy atom. The summed E-state index contributed by atoms with van der Waals surface area (Å²) in [6.07, 6.45) is 13.1. The van der Waals surface area contributed by atoms with Crippen LogP contribution in [0.1, 0.15) is 135 Å². The van der Waals surface area contributed by atoms with Crippen LogP contribution in [0.15, 0.2) is 42.5 Å². The first kappa shape index (κ1) is 38.8. The van der Waals surface area contributed by atoms with Crippen LogP contribution in [-0.4, -0.2) is 58.5 Å². The van der Waals surface area contributed by atoms with Gasteiger partial charge >= 0.3 is 11.9 Å². The van der Waals surface area contributed by atoms with Crippen molar-refractivity contribution in [3.05, 3.63) is 53.6 Å². The van der Waals surface area contributed by atoms with Gasteiger partial charge in [0.1, 0.15) is 0 Å². The van der Waals surface area contributed by atoms with Gasteiger partial charge in [-0.2, -0.15) is 0 Å². The van der Waals surface area contributed by atoms with Crippen LogP contribution in [0.3, 0.4) is 0 Å². The summed E-state index contributed by atoms with van der Waals surface area (Å²) in [5, 5.41) is 22.1. The number of aliphatic carboxylic acids is 1. The lowest BCUT2D eigenvalue weighted by atomic mass is 9.32. The zero-order chi connectivity index (χ0) is 39.0. The minimum atomic E-state index is -0.894. The summed E-state index contributed by atoms with van der Waals surface area (Å²) in [6, 6.07) is 7.46. The molecule has 6 aliphatic rings. The monoisotopic (exact) mass is 740 g/mol. The van der Waals surface area contributed by atoms with Gasteiger partial charge < -0.3 is 20.4 Å². The Morgan fingerprint density at radius 2 is 1.52 bits per heavy atom. The van der Waals surface area contributed by atoms with Gasteiger partial charge in [0.05, 0.1) is 16.9 Å². The number of carboxylic acid groups (broad SMARTS) is 2. The van der Waals surface area contributed by atoms with Gasteiger partial charge in [-0.25, -0.2) is 4.79 Å². The number of carboxylic acids is 2. The zero-order valence-electron chi connectivity index (χ0n) is 33.6. The molecule has 1 aromatic rings. The van der Waals surface area contributed by atoms with Crippen molar-refractivity contribution >= 4 is 29.3 Å². The van der Waals surface area contributed by atoms with E-state index < -0.39 is 17.4 Å². The van der Waals surface area contributed by atoms with Crippen LogP contribution in [0, 0.1) is 62.6 Å². The highest BCUT2D eigenvalue weighted by Crippen LogP contribution is 2.77. The Labute approximate surface area is 322 Å². The quantitative estimate of drug-likeness (QED) is 0.229. The van der Waals surface area contributed by atoms with Gasteiger partial charge in [0.15, 0.2) is 0 Å². The molecule has 1 saturated heterocycles. The number of aromatic carboxylic acids is 1. The van der Waals surface area contributed by atoms with E-state index in [1.165, 1.54) is 24.0 Å². The van der Waals surface area contributed by atoms with E-state index in [9.17, 15) is 29.4 Å². The molecule has 0 spiro atoms. The van der Waals surface area contributed by atoms with E-state index in [0.29, 0.717) is 61.7 Å². The first-order chi connectivity index (χ1) is 25.4. The normalized spacial score (nSPS) is 38.5. The number of rotatable bonds is 8. The lowest BCUT2D eigenvalue weighted by Crippen LogP contribution is -2.66. The summed E-state index contributed by atoms with van der Waals surface area (Å²) in [4.78, 5) is 52.3. The SMILES string of the molecule is C=C(C)[C@@H]1CC[C@]2(C(=O)NCCC(=O)N3CCC(C(=O)O)CC3)CC[C@]3(C)[C@H](CC[C@@H]4[C@@]5(C)CC=C(c6ccc(C(=O)O)cc6)C(C)(C)[C@@H]5CC[C@]43C)[C@@H]12. The average Bonchev–Trinajstić information content (AvgIpc) is 3.53. The van der Waals surface area contributed by atoms with Crippen LogP contribution < -0.4 is 5.32 Å². The number of fused-ring (bicyclic) bond motifs is 7. The van der Waals surface area contributed by atoms with E-state index in [1.807, 2.05) is 12.1 Å². The Morgan fingerprint density at radius 1 is 0.833 bits per heavy atom. The van der Waals surface area contributed by atoms with Crippen molar-refractivity contribution in [2.45, 2.75) is 119 Å². The van der Waals surface area contributed by atoms with Crippen LogP contribution in [0.25, 0.3) is 5.57 Å². The van der Waals surface area contributed by atoms with E-state index in [1.54, 1.807) is 17.0 Å². The Balaban J connectivity index is 1.10. The van der Waals surface area contributed by atoms with Crippen LogP contribution in [0.4, 0.5) is 0 Å². The van der Waals surface area contributed by atoms with Crippen LogP contribution in [0.2, 0.25) is 0 Å². The second-order valence-corrected chi connectivity index (χ2v) is 19.8. The lowest BCUT2D eigenvalue weighted by molar-refractivity contribution is -0.225. The zero-order valence-corrected chi connectivity index (χ0v) is 33.6. The summed E-state index contributed by atoms with van der Waals surface area (Å²) in [5.41, 5.74) is 3.87. The molecule has 8 nitrogen and oxygen atoms in total. The highest BCUT2D eigenvalue weighted by atomic mass is 16.4. The molecule has 0 unspecified atom stereocenters. The highest BCUT2D eigenvalue weighted by molar-refractivity contribution is 5.88. The number of piperidine rings is 1. The fraction of sp³-hybridized carbons (Fsp3) is 0.696. The van der Waals surface area contributed by atoms with E-state index >= 15 is 0 Å². The number of hydrogen-bond donors (Lipinski definition) is 3. The molecular formula is C46H64N2O6. The number of nitrogens with zero attached hydrogens (tertiary/aromatic N) is 1. The Bertz CT molecular complexity index is 1740. The summed E-state index contributed by atoms with van der Waals surface area (Å²) < 4.78 is 0. The third-order valence-corrected chi connectivity index (χ3v) is 17.4. The van der Waals surface area contributed by atoms with Gasteiger partial charge in [0.25, 0.3) is 0 Å². The van der Waals surface area contributed by atoms with Gasteiger partial charge in [0.2, 0.25) is 11.8 Å². The topological polar surface area (TPSA) is 124 Å². The molecule has 1 aliphatic heterocycles. The second kappa shape index (κ2) is 13.7. The maximum atomic E-state index is 14.5. The third-order valence-electron chi connectivity index (χ3n) is 17.4. The molecule has 4 saturated carbocycles. The summed E-state index contributed by atoms with van der Waals surface area (Å²) >= 11 is 0. The van der Waals surface area contributed by atoms with Crippen molar-refractivity contribution < 1.29 is 29.4 Å². The fourth-order valence-electron chi connectivity index (χ4n) is 14.4. The number of carbonyl (C=O) groups is 4. The molecule has 5 aliphatic carbocycles. The van der Waals surface area contributed by atoms with E-state index in [4.69, 9.17) is 0 Å². The van der Waals surface area contributed by atoms with Crippen LogP contribution in [0.5, 0.6) is 0 Å². The van der Waals surface area contributed by atoms with Crippen molar-refractivity contribution in [2.24, 2.45) is 62.6 Å². The van der Waals surface area contributed by atoms with Crippen molar-refractivity contribution in [1.82, 2.24) is 10.2 Å². The number of amides is 2. The number of allylic oxidation sites excluding steroid dienone is 3. The van der Waals surface area contributed by atoms with Crippen molar-refractivity contribution in [1.29, 1.82) is 0 Å². The molecule has 2 amide bonds. The molecule has 8 heteroatoms. The minimum absolute atomic E-state index is 0.00469. The molecule has 0 aromatic heterocycles. The number of benzene rings is 1. The Hall–Kier alpha value is -3.42. The predicted octanol–water partition coefficient (Wildman–Crippen LogP) is 8.87. The first-order valence-electron chi connectivity index (χ1n) is 20.9. The molecule has 0 bridgehead atoms. The maximum absolute atomic E-state index is 14.5. The molecule has 5 fully saturated rings. The Kier molecular flexibility index (Phi) is 9.82. The third kappa shape index (κ3) is 5.81. The van der Waals surface area contributed by atoms with E-state index in [-0.39, 0.29) is 51.7 Å². The van der Waals surface area contributed by atoms with Gasteiger partial charge in [-0.15, -0.1) is 0 Å². The average molecular weight is 741 g/mol. The molecule has 9 atom stereocenters. The van der Waals surface area contributed by atoms with Gasteiger partial charge in [0, 0.05) is 26.1 Å². The highest BCUT2D eigenvalue weighted by Gasteiger charge is 2.71. The maximum Gasteiger partial charge on any atom is 0.335 e. The molecule has 1 aromatic carbocycles. The first-order valence-corrected chi connectivity index (χ1v) is 20.9. The van der Waals surface area contributed by atoms with Gasteiger partial charge in [-0.05, 0) is 152 Å². The predicted molar refractivity (Wildman–Crippen MR) is 210 cm³/mol. The van der Waals surface area contributed by atoms with Crippen LogP contribution >= 0.6 is 0 Å². The summed E-state index contributed by atoms with van der Waals surface area (Å²) in [5.74, 6) is 0.124. The van der Waals surface area contributed by atoms with E-state index in [0.717, 1.165) is 50.5 Å². The van der Waals surface area contributed by atoms with Gasteiger partial charge in [-0.1, -0.05) is 65.0 Å². The lowest BCUT2D eigenvalue weighted by Gasteiger charge is -2.72. The molecule has 7 rings (SSSR count). The molecule has 3 N–H and O–H groups in total. The fourth-order valence-corrected chi connectivity index (χ4v) is 14.4.